The third-order valence-electron chi connectivity index (χ3n) is 5.90. The number of rotatable bonds is 6. The van der Waals surface area contributed by atoms with Gasteiger partial charge in [-0.3, -0.25) is 9.59 Å². The van der Waals surface area contributed by atoms with Crippen molar-refractivity contribution < 1.29 is 4.79 Å². The molecule has 1 N–H and O–H groups in total. The van der Waals surface area contributed by atoms with Crippen molar-refractivity contribution in [2.24, 2.45) is 5.41 Å². The van der Waals surface area contributed by atoms with Crippen LogP contribution in [0.1, 0.15) is 73.5 Å². The molecule has 3 aromatic rings. The molecule has 0 spiro atoms. The molecule has 1 fully saturated rings. The van der Waals surface area contributed by atoms with Crippen LogP contribution in [0.2, 0.25) is 0 Å². The monoisotopic (exact) mass is 400 g/mol. The summed E-state index contributed by atoms with van der Waals surface area (Å²) >= 11 is 0. The number of hydrogen-bond acceptors (Lipinski definition) is 3. The fraction of sp³-hybridized carbons (Fsp3) is 0.346. The third-order valence-corrected chi connectivity index (χ3v) is 5.90. The summed E-state index contributed by atoms with van der Waals surface area (Å²) in [5.74, 6) is 1.07. The van der Waals surface area contributed by atoms with Crippen molar-refractivity contribution in [3.8, 4) is 11.4 Å². The third kappa shape index (κ3) is 4.59. The van der Waals surface area contributed by atoms with E-state index in [1.54, 1.807) is 0 Å². The summed E-state index contributed by atoms with van der Waals surface area (Å²) in [5.41, 5.74) is 3.15. The van der Waals surface area contributed by atoms with Crippen molar-refractivity contribution in [3.63, 3.8) is 0 Å². The number of Topliss-reactive ketones (excluding diaryl/α,β-unsaturated/α-hetero) is 1. The average molecular weight is 401 g/mol. The van der Waals surface area contributed by atoms with Crippen molar-refractivity contribution in [3.05, 3.63) is 87.8 Å². The predicted molar refractivity (Wildman–Crippen MR) is 120 cm³/mol. The summed E-state index contributed by atoms with van der Waals surface area (Å²) in [7, 11) is 0. The van der Waals surface area contributed by atoms with Crippen molar-refractivity contribution in [1.29, 1.82) is 0 Å². The first-order valence-corrected chi connectivity index (χ1v) is 10.6. The zero-order valence-corrected chi connectivity index (χ0v) is 17.8. The highest BCUT2D eigenvalue weighted by atomic mass is 16.1. The van der Waals surface area contributed by atoms with Crippen LogP contribution in [0.25, 0.3) is 11.4 Å². The van der Waals surface area contributed by atoms with Crippen molar-refractivity contribution >= 4 is 5.78 Å². The molecule has 0 radical (unpaired) electrons. The quantitative estimate of drug-likeness (QED) is 0.539. The molecular weight excluding hydrogens is 372 g/mol. The number of benzene rings is 2. The van der Waals surface area contributed by atoms with Gasteiger partial charge in [0, 0.05) is 18.1 Å². The molecule has 1 aliphatic rings. The van der Waals surface area contributed by atoms with E-state index in [1.165, 1.54) is 24.5 Å². The molecule has 0 amide bonds. The van der Waals surface area contributed by atoms with Gasteiger partial charge in [0.1, 0.15) is 11.5 Å². The van der Waals surface area contributed by atoms with Crippen LogP contribution in [-0.4, -0.2) is 15.8 Å². The number of carbonyl (C=O) groups is 1. The Morgan fingerprint density at radius 1 is 1.07 bits per heavy atom. The smallest absolute Gasteiger partial charge is 0.251 e. The molecule has 1 heterocycles. The normalized spacial score (nSPS) is 15.0. The van der Waals surface area contributed by atoms with E-state index in [-0.39, 0.29) is 28.4 Å². The molecular formula is C26H28N2O2. The summed E-state index contributed by atoms with van der Waals surface area (Å²) in [5, 5.41) is 0. The molecule has 0 unspecified atom stereocenters. The summed E-state index contributed by atoms with van der Waals surface area (Å²) in [6.07, 6.45) is 2.87. The van der Waals surface area contributed by atoms with Crippen LogP contribution in [-0.2, 0) is 0 Å². The molecule has 0 saturated heterocycles. The summed E-state index contributed by atoms with van der Waals surface area (Å²) in [4.78, 5) is 32.6. The van der Waals surface area contributed by atoms with Crippen molar-refractivity contribution in [2.45, 2.75) is 51.9 Å². The first-order chi connectivity index (χ1) is 14.3. The molecule has 1 saturated carbocycles. The van der Waals surface area contributed by atoms with Crippen LogP contribution in [0.15, 0.2) is 65.5 Å². The molecule has 4 rings (SSSR count). The Hall–Kier alpha value is -3.01. The zero-order valence-electron chi connectivity index (χ0n) is 17.8. The fourth-order valence-electron chi connectivity index (χ4n) is 3.96. The number of carbonyl (C=O) groups excluding carboxylic acids is 1. The van der Waals surface area contributed by atoms with Gasteiger partial charge in [-0.1, -0.05) is 75.4 Å². The molecule has 154 valence electrons. The lowest BCUT2D eigenvalue weighted by Crippen LogP contribution is -2.23. The lowest BCUT2D eigenvalue weighted by molar-refractivity contribution is 0.0946. The van der Waals surface area contributed by atoms with Gasteiger partial charge < -0.3 is 4.98 Å². The van der Waals surface area contributed by atoms with Gasteiger partial charge in [-0.25, -0.2) is 4.98 Å². The lowest BCUT2D eigenvalue weighted by Gasteiger charge is -2.31. The standard InChI is InChI=1S/C26H28N2O2/c1-26(2,3)21(19-13-11-18(12-14-19)17-9-10-17)15-23(29)22-16-24(30)28-25(27-22)20-7-5-4-6-8-20/h4-8,11-14,16-17,21H,9-10,15H2,1-3H3,(H,27,28,30)/t21-/m0/s1. The van der Waals surface area contributed by atoms with Crippen LogP contribution in [0, 0.1) is 5.41 Å². The maximum atomic E-state index is 13.2. The SMILES string of the molecule is CC(C)(C)[C@@H](CC(=O)c1cc(=O)[nH]c(-c2ccccc2)n1)c1ccc(C2CC2)cc1. The highest BCUT2D eigenvalue weighted by Crippen LogP contribution is 2.42. The van der Waals surface area contributed by atoms with Gasteiger partial charge in [0.05, 0.1) is 0 Å². The number of nitrogens with one attached hydrogen (secondary N) is 1. The van der Waals surface area contributed by atoms with E-state index in [0.29, 0.717) is 18.2 Å². The molecule has 0 bridgehead atoms. The van der Waals surface area contributed by atoms with E-state index in [9.17, 15) is 9.59 Å². The van der Waals surface area contributed by atoms with E-state index in [1.807, 2.05) is 30.3 Å². The molecule has 4 nitrogen and oxygen atoms in total. The molecule has 4 heteroatoms. The zero-order chi connectivity index (χ0) is 21.3. The maximum absolute atomic E-state index is 13.2. The van der Waals surface area contributed by atoms with Crippen LogP contribution < -0.4 is 5.56 Å². The Morgan fingerprint density at radius 3 is 2.33 bits per heavy atom. The minimum atomic E-state index is -0.312. The minimum Gasteiger partial charge on any atom is -0.306 e. The summed E-state index contributed by atoms with van der Waals surface area (Å²) < 4.78 is 0. The van der Waals surface area contributed by atoms with E-state index in [2.05, 4.69) is 55.0 Å². The first-order valence-electron chi connectivity index (χ1n) is 10.6. The Bertz CT molecular complexity index is 1090. The van der Waals surface area contributed by atoms with E-state index in [0.717, 1.165) is 11.1 Å². The van der Waals surface area contributed by atoms with Crippen molar-refractivity contribution in [2.75, 3.05) is 0 Å². The van der Waals surface area contributed by atoms with Crippen LogP contribution >= 0.6 is 0 Å². The van der Waals surface area contributed by atoms with Gasteiger partial charge >= 0.3 is 0 Å². The fourth-order valence-corrected chi connectivity index (χ4v) is 3.96. The number of aromatic nitrogens is 2. The highest BCUT2D eigenvalue weighted by Gasteiger charge is 2.30. The second-order valence-electron chi connectivity index (χ2n) is 9.33. The molecule has 30 heavy (non-hydrogen) atoms. The number of hydrogen-bond donors (Lipinski definition) is 1. The van der Waals surface area contributed by atoms with E-state index < -0.39 is 0 Å². The minimum absolute atomic E-state index is 0.0412. The Morgan fingerprint density at radius 2 is 1.73 bits per heavy atom. The van der Waals surface area contributed by atoms with E-state index >= 15 is 0 Å². The summed E-state index contributed by atoms with van der Waals surface area (Å²) in [6, 6.07) is 19.4. The largest absolute Gasteiger partial charge is 0.306 e. The van der Waals surface area contributed by atoms with Gasteiger partial charge in [-0.15, -0.1) is 0 Å². The second kappa shape index (κ2) is 8.02. The van der Waals surface area contributed by atoms with Crippen LogP contribution in [0.3, 0.4) is 0 Å². The van der Waals surface area contributed by atoms with Crippen LogP contribution in [0.4, 0.5) is 0 Å². The van der Waals surface area contributed by atoms with Gasteiger partial charge in [0.2, 0.25) is 0 Å². The van der Waals surface area contributed by atoms with Gasteiger partial charge in [0.15, 0.2) is 5.78 Å². The molecule has 1 atom stereocenters. The molecule has 2 aromatic carbocycles. The molecule has 1 aromatic heterocycles. The van der Waals surface area contributed by atoms with Gasteiger partial charge in [-0.05, 0) is 41.2 Å². The van der Waals surface area contributed by atoms with Gasteiger partial charge in [0.25, 0.3) is 5.56 Å². The van der Waals surface area contributed by atoms with Crippen LogP contribution in [0.5, 0.6) is 0 Å². The summed E-state index contributed by atoms with van der Waals surface area (Å²) in [6.45, 7) is 6.46. The number of nitrogens with zero attached hydrogens (tertiary/aromatic N) is 1. The topological polar surface area (TPSA) is 62.8 Å². The van der Waals surface area contributed by atoms with E-state index in [4.69, 9.17) is 0 Å². The first kappa shape index (κ1) is 20.3. The molecule has 1 aliphatic carbocycles. The number of H-pyrrole nitrogens is 1. The van der Waals surface area contributed by atoms with Gasteiger partial charge in [-0.2, -0.15) is 0 Å². The number of aromatic amines is 1. The highest BCUT2D eigenvalue weighted by molar-refractivity contribution is 5.95. The Balaban J connectivity index is 1.61. The maximum Gasteiger partial charge on any atom is 0.251 e. The Labute approximate surface area is 177 Å². The Kier molecular flexibility index (Phi) is 5.42. The molecule has 0 aliphatic heterocycles. The lowest BCUT2D eigenvalue weighted by atomic mass is 9.73. The number of ketones is 1. The average Bonchev–Trinajstić information content (AvgIpc) is 3.57. The predicted octanol–water partition coefficient (Wildman–Crippen LogP) is 5.72. The second-order valence-corrected chi connectivity index (χ2v) is 9.33. The van der Waals surface area contributed by atoms with Crippen molar-refractivity contribution in [1.82, 2.24) is 9.97 Å².